The van der Waals surface area contributed by atoms with Gasteiger partial charge in [-0.15, -0.1) is 0 Å². The standard InChI is InChI=1S/C47H32N2O/c1-3-11-33(12-4-1)34-21-27-39(28-22-34)49(40-29-23-36(24-30-40)43-18-9-16-35-13-7-8-17-42(35)43)41-31-25-37(26-32-41)44-19-10-20-45-46(44)48-47(50-45)38-14-5-2-6-15-38/h1-32H. The van der Waals surface area contributed by atoms with Gasteiger partial charge in [0, 0.05) is 28.2 Å². The normalized spacial score (nSPS) is 11.2. The third-order valence-corrected chi connectivity index (χ3v) is 9.34. The molecule has 0 atom stereocenters. The molecule has 236 valence electrons. The molecule has 1 heterocycles. The molecule has 3 heteroatoms. The number of aromatic nitrogens is 1. The van der Waals surface area contributed by atoms with Crippen molar-refractivity contribution in [1.29, 1.82) is 0 Å². The summed E-state index contributed by atoms with van der Waals surface area (Å²) in [5.74, 6) is 0.627. The molecule has 0 aliphatic rings. The van der Waals surface area contributed by atoms with Gasteiger partial charge in [0.1, 0.15) is 5.52 Å². The maximum atomic E-state index is 6.18. The Kier molecular flexibility index (Phi) is 7.49. The van der Waals surface area contributed by atoms with Gasteiger partial charge in [0.05, 0.1) is 0 Å². The molecule has 0 saturated carbocycles. The highest BCUT2D eigenvalue weighted by atomic mass is 16.3. The number of nitrogens with zero attached hydrogens (tertiary/aromatic N) is 2. The number of hydrogen-bond donors (Lipinski definition) is 0. The molecule has 0 aliphatic carbocycles. The largest absolute Gasteiger partial charge is 0.436 e. The van der Waals surface area contributed by atoms with Crippen molar-refractivity contribution >= 4 is 38.9 Å². The lowest BCUT2D eigenvalue weighted by atomic mass is 9.98. The molecule has 0 bridgehead atoms. The Hall–Kier alpha value is -6.71. The zero-order valence-electron chi connectivity index (χ0n) is 27.3. The van der Waals surface area contributed by atoms with E-state index in [1.807, 2.05) is 42.5 Å². The van der Waals surface area contributed by atoms with E-state index in [0.29, 0.717) is 5.89 Å². The van der Waals surface area contributed by atoms with Crippen LogP contribution >= 0.6 is 0 Å². The first kappa shape index (κ1) is 29.4. The molecule has 50 heavy (non-hydrogen) atoms. The van der Waals surface area contributed by atoms with E-state index < -0.39 is 0 Å². The van der Waals surface area contributed by atoms with E-state index in [2.05, 4.69) is 157 Å². The fourth-order valence-corrected chi connectivity index (χ4v) is 6.82. The number of anilines is 3. The lowest BCUT2D eigenvalue weighted by Crippen LogP contribution is -2.09. The molecule has 1 aromatic heterocycles. The summed E-state index contributed by atoms with van der Waals surface area (Å²) in [7, 11) is 0. The maximum Gasteiger partial charge on any atom is 0.227 e. The topological polar surface area (TPSA) is 29.3 Å². The molecule has 0 spiro atoms. The van der Waals surface area contributed by atoms with Crippen molar-refractivity contribution in [2.75, 3.05) is 4.90 Å². The second-order valence-corrected chi connectivity index (χ2v) is 12.4. The van der Waals surface area contributed by atoms with E-state index in [4.69, 9.17) is 9.40 Å². The Morgan fingerprint density at radius 1 is 0.360 bits per heavy atom. The van der Waals surface area contributed by atoms with Gasteiger partial charge < -0.3 is 9.32 Å². The summed E-state index contributed by atoms with van der Waals surface area (Å²) in [6.07, 6.45) is 0. The zero-order valence-corrected chi connectivity index (χ0v) is 27.3. The first-order valence-corrected chi connectivity index (χ1v) is 16.9. The summed E-state index contributed by atoms with van der Waals surface area (Å²) in [6, 6.07) is 68.2. The van der Waals surface area contributed by atoms with Gasteiger partial charge in [-0.3, -0.25) is 0 Å². The second-order valence-electron chi connectivity index (χ2n) is 12.4. The number of rotatable bonds is 7. The minimum Gasteiger partial charge on any atom is -0.436 e. The van der Waals surface area contributed by atoms with Crippen LogP contribution in [0.25, 0.3) is 66.7 Å². The summed E-state index contributed by atoms with van der Waals surface area (Å²) in [6.45, 7) is 0. The lowest BCUT2D eigenvalue weighted by Gasteiger charge is -2.26. The molecule has 8 aromatic carbocycles. The van der Waals surface area contributed by atoms with Gasteiger partial charge >= 0.3 is 0 Å². The highest BCUT2D eigenvalue weighted by molar-refractivity contribution is 5.97. The van der Waals surface area contributed by atoms with E-state index in [9.17, 15) is 0 Å². The highest BCUT2D eigenvalue weighted by Gasteiger charge is 2.16. The molecule has 0 amide bonds. The quantitative estimate of drug-likeness (QED) is 0.174. The Morgan fingerprint density at radius 2 is 0.840 bits per heavy atom. The van der Waals surface area contributed by atoms with Crippen molar-refractivity contribution < 1.29 is 4.42 Å². The Balaban J connectivity index is 1.10. The van der Waals surface area contributed by atoms with E-state index >= 15 is 0 Å². The molecule has 0 N–H and O–H groups in total. The third kappa shape index (κ3) is 5.51. The van der Waals surface area contributed by atoms with Crippen LogP contribution in [0.3, 0.4) is 0 Å². The van der Waals surface area contributed by atoms with Crippen LogP contribution in [0, 0.1) is 0 Å². The fourth-order valence-electron chi connectivity index (χ4n) is 6.82. The molecular weight excluding hydrogens is 609 g/mol. The van der Waals surface area contributed by atoms with Gasteiger partial charge in [-0.05, 0) is 93.2 Å². The van der Waals surface area contributed by atoms with Crippen molar-refractivity contribution in [3.8, 4) is 44.8 Å². The summed E-state index contributed by atoms with van der Waals surface area (Å²) >= 11 is 0. The maximum absolute atomic E-state index is 6.18. The molecule has 0 unspecified atom stereocenters. The van der Waals surface area contributed by atoms with E-state index in [1.54, 1.807) is 0 Å². The van der Waals surface area contributed by atoms with E-state index in [-0.39, 0.29) is 0 Å². The van der Waals surface area contributed by atoms with Crippen LogP contribution in [-0.4, -0.2) is 4.98 Å². The number of para-hydroxylation sites is 1. The molecule has 3 nitrogen and oxygen atoms in total. The molecule has 0 fully saturated rings. The van der Waals surface area contributed by atoms with Crippen molar-refractivity contribution in [3.05, 3.63) is 194 Å². The summed E-state index contributed by atoms with van der Waals surface area (Å²) in [4.78, 5) is 7.24. The molecule has 9 rings (SSSR count). The summed E-state index contributed by atoms with van der Waals surface area (Å²) < 4.78 is 6.18. The van der Waals surface area contributed by atoms with Crippen LogP contribution in [0.15, 0.2) is 199 Å². The molecule has 9 aromatic rings. The summed E-state index contributed by atoms with van der Waals surface area (Å²) in [5, 5.41) is 2.50. The number of fused-ring (bicyclic) bond motifs is 2. The lowest BCUT2D eigenvalue weighted by molar-refractivity contribution is 0.620. The predicted molar refractivity (Wildman–Crippen MR) is 208 cm³/mol. The first-order chi connectivity index (χ1) is 24.8. The summed E-state index contributed by atoms with van der Waals surface area (Å²) in [5.41, 5.74) is 12.8. The number of hydrogen-bond acceptors (Lipinski definition) is 3. The molecular formula is C47H32N2O. The van der Waals surface area contributed by atoms with Crippen molar-refractivity contribution in [2.24, 2.45) is 0 Å². The Labute approximate surface area is 291 Å². The van der Waals surface area contributed by atoms with Crippen LogP contribution < -0.4 is 4.90 Å². The van der Waals surface area contributed by atoms with Crippen LogP contribution in [0.5, 0.6) is 0 Å². The molecule has 0 radical (unpaired) electrons. The number of oxazole rings is 1. The van der Waals surface area contributed by atoms with E-state index in [0.717, 1.165) is 44.9 Å². The highest BCUT2D eigenvalue weighted by Crippen LogP contribution is 2.39. The van der Waals surface area contributed by atoms with Gasteiger partial charge in [-0.1, -0.05) is 140 Å². The third-order valence-electron chi connectivity index (χ3n) is 9.34. The van der Waals surface area contributed by atoms with Crippen molar-refractivity contribution in [1.82, 2.24) is 4.98 Å². The number of benzene rings is 8. The second kappa shape index (κ2) is 12.7. The van der Waals surface area contributed by atoms with Crippen LogP contribution in [0.1, 0.15) is 0 Å². The monoisotopic (exact) mass is 640 g/mol. The minimum atomic E-state index is 0.627. The van der Waals surface area contributed by atoms with Crippen LogP contribution in [-0.2, 0) is 0 Å². The van der Waals surface area contributed by atoms with Crippen molar-refractivity contribution in [2.45, 2.75) is 0 Å². The predicted octanol–water partition coefficient (Wildman–Crippen LogP) is 13.1. The molecule has 0 saturated heterocycles. The Morgan fingerprint density at radius 3 is 1.50 bits per heavy atom. The van der Waals surface area contributed by atoms with E-state index in [1.165, 1.54) is 33.0 Å². The smallest absolute Gasteiger partial charge is 0.227 e. The van der Waals surface area contributed by atoms with Gasteiger partial charge in [-0.25, -0.2) is 4.98 Å². The van der Waals surface area contributed by atoms with Gasteiger partial charge in [-0.2, -0.15) is 0 Å². The average Bonchev–Trinajstić information content (AvgIpc) is 3.65. The first-order valence-electron chi connectivity index (χ1n) is 16.9. The average molecular weight is 641 g/mol. The fraction of sp³-hybridized carbons (Fsp3) is 0. The van der Waals surface area contributed by atoms with Gasteiger partial charge in [0.25, 0.3) is 0 Å². The van der Waals surface area contributed by atoms with Crippen LogP contribution in [0.2, 0.25) is 0 Å². The van der Waals surface area contributed by atoms with Crippen LogP contribution in [0.4, 0.5) is 17.1 Å². The van der Waals surface area contributed by atoms with Crippen molar-refractivity contribution in [3.63, 3.8) is 0 Å². The Bertz CT molecular complexity index is 2550. The zero-order chi connectivity index (χ0) is 33.3. The van der Waals surface area contributed by atoms with Gasteiger partial charge in [0.2, 0.25) is 5.89 Å². The molecule has 0 aliphatic heterocycles. The van der Waals surface area contributed by atoms with Gasteiger partial charge in [0.15, 0.2) is 5.58 Å². The minimum absolute atomic E-state index is 0.627. The SMILES string of the molecule is c1ccc(-c2ccc(N(c3ccc(-c4cccc5ccccc45)cc3)c3ccc(-c4cccc5oc(-c6ccccc6)nc45)cc3)cc2)cc1.